The summed E-state index contributed by atoms with van der Waals surface area (Å²) in [6, 6.07) is 1.04. The highest BCUT2D eigenvalue weighted by Gasteiger charge is 2.34. The van der Waals surface area contributed by atoms with Crippen molar-refractivity contribution in [2.24, 2.45) is 5.92 Å². The SMILES string of the molecule is Cc1ccc(F)c(S(=O)(=O)N[C@@H]2CC=CC[C@@H]2C(=O)O)c1F. The van der Waals surface area contributed by atoms with E-state index < -0.39 is 44.5 Å². The highest BCUT2D eigenvalue weighted by molar-refractivity contribution is 7.89. The molecule has 1 aromatic rings. The first-order chi connectivity index (χ1) is 10.2. The van der Waals surface area contributed by atoms with Crippen LogP contribution in [0.5, 0.6) is 0 Å². The zero-order valence-electron chi connectivity index (χ0n) is 11.7. The van der Waals surface area contributed by atoms with E-state index in [1.165, 1.54) is 6.92 Å². The van der Waals surface area contributed by atoms with Gasteiger partial charge in [-0.1, -0.05) is 18.2 Å². The van der Waals surface area contributed by atoms with Crippen LogP contribution in [0.25, 0.3) is 0 Å². The van der Waals surface area contributed by atoms with Gasteiger partial charge in [0.15, 0.2) is 4.90 Å². The maximum absolute atomic E-state index is 14.0. The van der Waals surface area contributed by atoms with Gasteiger partial charge >= 0.3 is 5.97 Å². The van der Waals surface area contributed by atoms with Crippen LogP contribution in [0.1, 0.15) is 18.4 Å². The molecule has 0 amide bonds. The van der Waals surface area contributed by atoms with Crippen molar-refractivity contribution in [3.63, 3.8) is 0 Å². The van der Waals surface area contributed by atoms with E-state index in [-0.39, 0.29) is 18.4 Å². The van der Waals surface area contributed by atoms with E-state index in [0.29, 0.717) is 0 Å². The second-order valence-corrected chi connectivity index (χ2v) is 6.77. The lowest BCUT2D eigenvalue weighted by molar-refractivity contribution is -0.142. The third-order valence-electron chi connectivity index (χ3n) is 3.57. The minimum absolute atomic E-state index is 0.0138. The molecule has 0 bridgehead atoms. The largest absolute Gasteiger partial charge is 0.481 e. The van der Waals surface area contributed by atoms with E-state index in [9.17, 15) is 22.0 Å². The van der Waals surface area contributed by atoms with Crippen molar-refractivity contribution in [3.8, 4) is 0 Å². The standard InChI is InChI=1S/C14H15F2NO4S/c1-8-6-7-10(15)13(12(8)16)22(20,21)17-11-5-3-2-4-9(11)14(18)19/h2-3,6-7,9,11,17H,4-5H2,1H3,(H,18,19)/t9-,11+/m0/s1. The molecule has 0 aliphatic heterocycles. The van der Waals surface area contributed by atoms with Gasteiger partial charge in [0.2, 0.25) is 10.0 Å². The van der Waals surface area contributed by atoms with Crippen molar-refractivity contribution < 1.29 is 27.1 Å². The first kappa shape index (κ1) is 16.6. The molecule has 2 atom stereocenters. The van der Waals surface area contributed by atoms with Crippen molar-refractivity contribution in [3.05, 3.63) is 41.5 Å². The topological polar surface area (TPSA) is 83.5 Å². The van der Waals surface area contributed by atoms with Crippen LogP contribution in [-0.4, -0.2) is 25.5 Å². The molecule has 0 saturated heterocycles. The van der Waals surface area contributed by atoms with Crippen LogP contribution >= 0.6 is 0 Å². The number of aliphatic carboxylic acids is 1. The lowest BCUT2D eigenvalue weighted by Crippen LogP contribution is -2.44. The number of hydrogen-bond acceptors (Lipinski definition) is 3. The summed E-state index contributed by atoms with van der Waals surface area (Å²) in [6.45, 7) is 1.32. The second-order valence-electron chi connectivity index (χ2n) is 5.12. The molecule has 8 heteroatoms. The molecule has 1 aromatic carbocycles. The molecule has 1 aliphatic rings. The molecule has 120 valence electrons. The maximum atomic E-state index is 14.0. The first-order valence-corrected chi connectivity index (χ1v) is 8.07. The average molecular weight is 331 g/mol. The molecular formula is C14H15F2NO4S. The normalized spacial score (nSPS) is 21.8. The van der Waals surface area contributed by atoms with Crippen LogP contribution in [0, 0.1) is 24.5 Å². The fraction of sp³-hybridized carbons (Fsp3) is 0.357. The van der Waals surface area contributed by atoms with Gasteiger partial charge in [0, 0.05) is 6.04 Å². The predicted octanol–water partition coefficient (Wildman–Crippen LogP) is 1.97. The van der Waals surface area contributed by atoms with E-state index >= 15 is 0 Å². The number of hydrogen-bond donors (Lipinski definition) is 2. The van der Waals surface area contributed by atoms with Crippen LogP contribution in [0.4, 0.5) is 8.78 Å². The first-order valence-electron chi connectivity index (χ1n) is 6.58. The molecule has 0 spiro atoms. The fourth-order valence-electron chi connectivity index (χ4n) is 2.35. The number of nitrogens with one attached hydrogen (secondary N) is 1. The number of allylic oxidation sites excluding steroid dienone is 1. The van der Waals surface area contributed by atoms with E-state index in [2.05, 4.69) is 4.72 Å². The molecule has 0 saturated carbocycles. The fourth-order valence-corrected chi connectivity index (χ4v) is 3.85. The summed E-state index contributed by atoms with van der Waals surface area (Å²) in [4.78, 5) is 10.1. The Hall–Kier alpha value is -1.80. The third kappa shape index (κ3) is 3.17. The molecule has 0 fully saturated rings. The Morgan fingerprint density at radius 1 is 1.27 bits per heavy atom. The molecule has 0 radical (unpaired) electrons. The number of sulfonamides is 1. The number of carboxylic acids is 1. The minimum atomic E-state index is -4.51. The molecule has 2 N–H and O–H groups in total. The summed E-state index contributed by atoms with van der Waals surface area (Å²) in [6.07, 6.45) is 3.57. The van der Waals surface area contributed by atoms with E-state index in [0.717, 1.165) is 12.1 Å². The van der Waals surface area contributed by atoms with Crippen molar-refractivity contribution >= 4 is 16.0 Å². The predicted molar refractivity (Wildman–Crippen MR) is 74.7 cm³/mol. The smallest absolute Gasteiger partial charge is 0.308 e. The number of halogens is 2. The molecule has 0 heterocycles. The zero-order chi connectivity index (χ0) is 16.5. The number of carboxylic acid groups (broad SMARTS) is 1. The van der Waals surface area contributed by atoms with Crippen LogP contribution in [0.2, 0.25) is 0 Å². The molecular weight excluding hydrogens is 316 g/mol. The van der Waals surface area contributed by atoms with Gasteiger partial charge in [0.1, 0.15) is 11.6 Å². The molecule has 0 aromatic heterocycles. The van der Waals surface area contributed by atoms with Crippen molar-refractivity contribution in [2.45, 2.75) is 30.7 Å². The lowest BCUT2D eigenvalue weighted by atomic mass is 9.90. The quantitative estimate of drug-likeness (QED) is 0.826. The molecule has 22 heavy (non-hydrogen) atoms. The van der Waals surface area contributed by atoms with E-state index in [1.807, 2.05) is 0 Å². The zero-order valence-corrected chi connectivity index (χ0v) is 12.5. The highest BCUT2D eigenvalue weighted by atomic mass is 32.2. The summed E-state index contributed by atoms with van der Waals surface area (Å²) in [5.74, 6) is -4.53. The number of benzene rings is 1. The van der Waals surface area contributed by atoms with Crippen molar-refractivity contribution in [1.29, 1.82) is 0 Å². The van der Waals surface area contributed by atoms with Gasteiger partial charge in [-0.15, -0.1) is 0 Å². The van der Waals surface area contributed by atoms with Gasteiger partial charge in [-0.25, -0.2) is 21.9 Å². The maximum Gasteiger partial charge on any atom is 0.308 e. The Bertz CT molecular complexity index is 731. The van der Waals surface area contributed by atoms with E-state index in [4.69, 9.17) is 5.11 Å². The van der Waals surface area contributed by atoms with Crippen molar-refractivity contribution in [1.82, 2.24) is 4.72 Å². The summed E-state index contributed by atoms with van der Waals surface area (Å²) in [5, 5.41) is 9.11. The summed E-state index contributed by atoms with van der Waals surface area (Å²) >= 11 is 0. The minimum Gasteiger partial charge on any atom is -0.481 e. The van der Waals surface area contributed by atoms with Crippen molar-refractivity contribution in [2.75, 3.05) is 0 Å². The van der Waals surface area contributed by atoms with Gasteiger partial charge in [-0.2, -0.15) is 0 Å². The Morgan fingerprint density at radius 2 is 1.91 bits per heavy atom. The Kier molecular flexibility index (Phi) is 4.62. The van der Waals surface area contributed by atoms with Crippen LogP contribution in [0.15, 0.2) is 29.2 Å². The summed E-state index contributed by atoms with van der Waals surface area (Å²) in [5.41, 5.74) is -0.0138. The van der Waals surface area contributed by atoms with Gasteiger partial charge in [-0.3, -0.25) is 4.79 Å². The number of rotatable bonds is 4. The number of aryl methyl sites for hydroxylation is 1. The van der Waals surface area contributed by atoms with Gasteiger partial charge < -0.3 is 5.11 Å². The van der Waals surface area contributed by atoms with Gasteiger partial charge in [0.05, 0.1) is 5.92 Å². The Labute approximate surface area is 126 Å². The molecule has 1 aliphatic carbocycles. The Morgan fingerprint density at radius 3 is 2.55 bits per heavy atom. The van der Waals surface area contributed by atoms with Gasteiger partial charge in [-0.05, 0) is 31.4 Å². The second kappa shape index (κ2) is 6.13. The molecule has 0 unspecified atom stereocenters. The van der Waals surface area contributed by atoms with Crippen LogP contribution in [-0.2, 0) is 14.8 Å². The van der Waals surface area contributed by atoms with E-state index in [1.54, 1.807) is 12.2 Å². The number of carbonyl (C=O) groups is 1. The van der Waals surface area contributed by atoms with Crippen LogP contribution in [0.3, 0.4) is 0 Å². The summed E-state index contributed by atoms with van der Waals surface area (Å²) in [7, 11) is -4.51. The molecule has 5 nitrogen and oxygen atoms in total. The third-order valence-corrected chi connectivity index (χ3v) is 5.09. The average Bonchev–Trinajstić information content (AvgIpc) is 2.43. The molecule has 2 rings (SSSR count). The van der Waals surface area contributed by atoms with Gasteiger partial charge in [0.25, 0.3) is 0 Å². The monoisotopic (exact) mass is 331 g/mol. The highest BCUT2D eigenvalue weighted by Crippen LogP contribution is 2.25. The Balaban J connectivity index is 2.38. The van der Waals surface area contributed by atoms with Crippen LogP contribution < -0.4 is 4.72 Å². The lowest BCUT2D eigenvalue weighted by Gasteiger charge is -2.26. The summed E-state index contributed by atoms with van der Waals surface area (Å²) < 4.78 is 54.3.